The summed E-state index contributed by atoms with van der Waals surface area (Å²) in [6.45, 7) is 0. The summed E-state index contributed by atoms with van der Waals surface area (Å²) in [7, 11) is -4.11. The van der Waals surface area contributed by atoms with Gasteiger partial charge in [-0.3, -0.25) is 0 Å². The van der Waals surface area contributed by atoms with Crippen LogP contribution in [0.3, 0.4) is 0 Å². The van der Waals surface area contributed by atoms with Crippen molar-refractivity contribution in [3.05, 3.63) is 82.9 Å². The summed E-state index contributed by atoms with van der Waals surface area (Å²) in [5.41, 5.74) is -0.296. The first-order chi connectivity index (χ1) is 15.6. The van der Waals surface area contributed by atoms with E-state index in [0.717, 1.165) is 6.26 Å². The zero-order valence-electron chi connectivity index (χ0n) is 17.3. The Balaban J connectivity index is 2.10. The maximum Gasteiger partial charge on any atom is 0.339 e. The van der Waals surface area contributed by atoms with Gasteiger partial charge in [-0.15, -0.1) is 0 Å². The SMILES string of the molecule is CS(=O)(=O)Oc1c(C(=O)O)cc2ccccc2c1Cc1c(O)c(C(=O)O)cc2ccccc12. The van der Waals surface area contributed by atoms with E-state index in [1.165, 1.54) is 12.1 Å². The number of aromatic carboxylic acids is 2. The third-order valence-corrected chi connectivity index (χ3v) is 5.75. The highest BCUT2D eigenvalue weighted by atomic mass is 32.2. The minimum Gasteiger partial charge on any atom is -0.507 e. The molecule has 0 aliphatic carbocycles. The maximum absolute atomic E-state index is 12.0. The highest BCUT2D eigenvalue weighted by Crippen LogP contribution is 2.39. The molecule has 8 nitrogen and oxygen atoms in total. The van der Waals surface area contributed by atoms with Crippen molar-refractivity contribution in [1.82, 2.24) is 0 Å². The predicted molar refractivity (Wildman–Crippen MR) is 122 cm³/mol. The average molecular weight is 466 g/mol. The zero-order valence-corrected chi connectivity index (χ0v) is 18.1. The van der Waals surface area contributed by atoms with Gasteiger partial charge in [0.25, 0.3) is 0 Å². The van der Waals surface area contributed by atoms with Crippen molar-refractivity contribution >= 4 is 43.6 Å². The van der Waals surface area contributed by atoms with Crippen LogP contribution in [-0.4, -0.2) is 41.9 Å². The van der Waals surface area contributed by atoms with Crippen LogP contribution in [0.15, 0.2) is 60.7 Å². The van der Waals surface area contributed by atoms with Crippen LogP contribution >= 0.6 is 0 Å². The Bertz CT molecular complexity index is 1550. The Morgan fingerprint density at radius 3 is 1.82 bits per heavy atom. The molecule has 0 atom stereocenters. The Morgan fingerprint density at radius 1 is 0.818 bits per heavy atom. The third-order valence-electron chi connectivity index (χ3n) is 5.28. The van der Waals surface area contributed by atoms with Gasteiger partial charge in [0.15, 0.2) is 5.75 Å². The number of benzene rings is 4. The highest BCUT2D eigenvalue weighted by molar-refractivity contribution is 7.86. The average Bonchev–Trinajstić information content (AvgIpc) is 2.75. The van der Waals surface area contributed by atoms with E-state index < -0.39 is 27.8 Å². The molecule has 0 bridgehead atoms. The van der Waals surface area contributed by atoms with Crippen LogP contribution in [0.4, 0.5) is 0 Å². The number of aromatic hydroxyl groups is 1. The molecular formula is C24H18O8S. The van der Waals surface area contributed by atoms with Crippen molar-refractivity contribution in [2.45, 2.75) is 6.42 Å². The molecule has 33 heavy (non-hydrogen) atoms. The summed E-state index contributed by atoms with van der Waals surface area (Å²) in [6.07, 6.45) is 0.621. The molecule has 4 aromatic rings. The predicted octanol–water partition coefficient (Wildman–Crippen LogP) is 4.02. The summed E-state index contributed by atoms with van der Waals surface area (Å²) in [4.78, 5) is 23.7. The second kappa shape index (κ2) is 8.10. The lowest BCUT2D eigenvalue weighted by molar-refractivity contribution is 0.0683. The summed E-state index contributed by atoms with van der Waals surface area (Å²) < 4.78 is 29.1. The summed E-state index contributed by atoms with van der Waals surface area (Å²) in [5.74, 6) is -3.60. The van der Waals surface area contributed by atoms with Crippen molar-refractivity contribution in [3.63, 3.8) is 0 Å². The first-order valence-corrected chi connectivity index (χ1v) is 11.5. The molecule has 0 amide bonds. The molecule has 0 fully saturated rings. The quantitative estimate of drug-likeness (QED) is 0.362. The monoisotopic (exact) mass is 466 g/mol. The van der Waals surface area contributed by atoms with E-state index in [1.807, 2.05) is 0 Å². The number of carbonyl (C=O) groups is 2. The van der Waals surface area contributed by atoms with Gasteiger partial charge in [0.1, 0.15) is 16.9 Å². The molecular weight excluding hydrogens is 448 g/mol. The molecule has 4 rings (SSSR count). The van der Waals surface area contributed by atoms with Crippen molar-refractivity contribution in [3.8, 4) is 11.5 Å². The van der Waals surface area contributed by atoms with Crippen molar-refractivity contribution in [2.75, 3.05) is 6.26 Å². The molecule has 168 valence electrons. The Morgan fingerprint density at radius 2 is 1.30 bits per heavy atom. The fraction of sp³-hybridized carbons (Fsp3) is 0.0833. The Hall–Kier alpha value is -4.11. The fourth-order valence-electron chi connectivity index (χ4n) is 3.91. The van der Waals surface area contributed by atoms with Crippen molar-refractivity contribution in [2.24, 2.45) is 0 Å². The molecule has 0 aliphatic rings. The standard InChI is InChI=1S/C24H18O8S/c1-33(30,31)32-22-18(16-9-5-3-7-14(16)11-20(22)24(28)29)12-17-15-8-4-2-6-13(15)10-19(21(17)25)23(26)27/h2-11,25H,12H2,1H3,(H,26,27)(H,28,29). The number of phenols is 1. The van der Waals surface area contributed by atoms with Gasteiger partial charge >= 0.3 is 22.1 Å². The van der Waals surface area contributed by atoms with Gasteiger partial charge in [-0.1, -0.05) is 48.5 Å². The van der Waals surface area contributed by atoms with E-state index in [2.05, 4.69) is 0 Å². The van der Waals surface area contributed by atoms with Crippen LogP contribution in [0.25, 0.3) is 21.5 Å². The number of carboxylic acids is 2. The Kier molecular flexibility index (Phi) is 5.43. The van der Waals surface area contributed by atoms with Crippen LogP contribution in [0.2, 0.25) is 0 Å². The minimum atomic E-state index is -4.11. The number of fused-ring (bicyclic) bond motifs is 2. The van der Waals surface area contributed by atoms with Crippen molar-refractivity contribution in [1.29, 1.82) is 0 Å². The van der Waals surface area contributed by atoms with E-state index in [9.17, 15) is 33.3 Å². The number of carboxylic acid groups (broad SMARTS) is 2. The first kappa shape index (κ1) is 22.1. The lowest BCUT2D eigenvalue weighted by Gasteiger charge is -2.18. The van der Waals surface area contributed by atoms with Crippen LogP contribution in [-0.2, 0) is 16.5 Å². The molecule has 9 heteroatoms. The largest absolute Gasteiger partial charge is 0.507 e. The van der Waals surface area contributed by atoms with Gasteiger partial charge < -0.3 is 19.5 Å². The molecule has 3 N–H and O–H groups in total. The second-order valence-electron chi connectivity index (χ2n) is 7.50. The molecule has 0 heterocycles. The molecule has 0 unspecified atom stereocenters. The molecule has 0 saturated carbocycles. The number of hydrogen-bond acceptors (Lipinski definition) is 6. The third kappa shape index (κ3) is 4.18. The van der Waals surface area contributed by atoms with Gasteiger partial charge in [-0.25, -0.2) is 9.59 Å². The van der Waals surface area contributed by atoms with Gasteiger partial charge in [0.05, 0.1) is 6.26 Å². The van der Waals surface area contributed by atoms with E-state index in [-0.39, 0.29) is 34.4 Å². The number of hydrogen-bond donors (Lipinski definition) is 3. The number of rotatable bonds is 6. The van der Waals surface area contributed by atoms with Gasteiger partial charge in [-0.2, -0.15) is 8.42 Å². The smallest absolute Gasteiger partial charge is 0.339 e. The molecule has 0 aromatic heterocycles. The van der Waals surface area contributed by atoms with Crippen LogP contribution in [0, 0.1) is 0 Å². The van der Waals surface area contributed by atoms with Crippen molar-refractivity contribution < 1.29 is 37.5 Å². The maximum atomic E-state index is 12.0. The molecule has 0 aliphatic heterocycles. The van der Waals surface area contributed by atoms with Crippen LogP contribution in [0.1, 0.15) is 31.8 Å². The lowest BCUT2D eigenvalue weighted by Crippen LogP contribution is -2.13. The van der Waals surface area contributed by atoms with E-state index >= 15 is 0 Å². The minimum absolute atomic E-state index is 0.181. The molecule has 0 radical (unpaired) electrons. The normalized spacial score (nSPS) is 11.5. The molecule has 0 saturated heterocycles. The zero-order chi connectivity index (χ0) is 23.9. The van der Waals surface area contributed by atoms with Crippen LogP contribution < -0.4 is 4.18 Å². The summed E-state index contributed by atoms with van der Waals surface area (Å²) >= 11 is 0. The first-order valence-electron chi connectivity index (χ1n) is 9.71. The van der Waals surface area contributed by atoms with E-state index in [4.69, 9.17) is 4.18 Å². The lowest BCUT2D eigenvalue weighted by atomic mass is 9.90. The van der Waals surface area contributed by atoms with Gasteiger partial charge in [0.2, 0.25) is 0 Å². The molecule has 4 aromatic carbocycles. The molecule has 0 spiro atoms. The van der Waals surface area contributed by atoms with E-state index in [0.29, 0.717) is 21.5 Å². The van der Waals surface area contributed by atoms with Gasteiger partial charge in [0, 0.05) is 17.5 Å². The highest BCUT2D eigenvalue weighted by Gasteiger charge is 2.25. The summed E-state index contributed by atoms with van der Waals surface area (Å²) in [6, 6.07) is 16.2. The van der Waals surface area contributed by atoms with Crippen LogP contribution in [0.5, 0.6) is 11.5 Å². The second-order valence-corrected chi connectivity index (χ2v) is 9.07. The fourth-order valence-corrected chi connectivity index (χ4v) is 4.41. The Labute approximate surface area is 188 Å². The summed E-state index contributed by atoms with van der Waals surface area (Å²) in [5, 5.41) is 32.3. The topological polar surface area (TPSA) is 138 Å². The van der Waals surface area contributed by atoms with Gasteiger partial charge in [-0.05, 0) is 33.7 Å². The van der Waals surface area contributed by atoms with E-state index in [1.54, 1.807) is 48.5 Å².